The van der Waals surface area contributed by atoms with E-state index in [1.807, 2.05) is 0 Å². The van der Waals surface area contributed by atoms with Gasteiger partial charge in [0.1, 0.15) is 12.2 Å². The van der Waals surface area contributed by atoms with Crippen molar-refractivity contribution in [2.24, 2.45) is 0 Å². The molecule has 0 spiro atoms. The van der Waals surface area contributed by atoms with E-state index in [9.17, 15) is 9.18 Å². The zero-order valence-electron chi connectivity index (χ0n) is 5.20. The van der Waals surface area contributed by atoms with Crippen molar-refractivity contribution in [3.8, 4) is 0 Å². The maximum absolute atomic E-state index is 12.3. The van der Waals surface area contributed by atoms with Gasteiger partial charge in [0.05, 0.1) is 6.54 Å². The van der Waals surface area contributed by atoms with Crippen LogP contribution >= 0.6 is 0 Å². The van der Waals surface area contributed by atoms with E-state index in [1.165, 1.54) is 0 Å². The van der Waals surface area contributed by atoms with Gasteiger partial charge in [-0.2, -0.15) is 5.06 Å². The summed E-state index contributed by atoms with van der Waals surface area (Å²) in [6.07, 6.45) is -1.34. The molecule has 0 amide bonds. The molecule has 1 saturated heterocycles. The monoisotopic (exact) mass is 149 g/mol. The Labute approximate surface area is 56.8 Å². The minimum atomic E-state index is -1.22. The average molecular weight is 149 g/mol. The van der Waals surface area contributed by atoms with E-state index in [0.29, 0.717) is 5.06 Å². The summed E-state index contributed by atoms with van der Waals surface area (Å²) < 4.78 is 12.3. The number of nitrogens with zero attached hydrogens (tertiary/aromatic N) is 1. The minimum Gasteiger partial charge on any atom is -0.480 e. The van der Waals surface area contributed by atoms with Crippen LogP contribution in [0.3, 0.4) is 0 Å². The fourth-order valence-corrected chi connectivity index (χ4v) is 0.997. The van der Waals surface area contributed by atoms with Crippen LogP contribution < -0.4 is 0 Å². The van der Waals surface area contributed by atoms with Crippen molar-refractivity contribution in [3.05, 3.63) is 0 Å². The standard InChI is InChI=1S/C5H8FNO3/c6-3-1-4(5(8)9)7(10)2-3/h3-4,10H,1-2H2,(H,8,9)/t3-,4+/m1/s1. The molecule has 1 heterocycles. The fourth-order valence-electron chi connectivity index (χ4n) is 0.997. The van der Waals surface area contributed by atoms with E-state index in [-0.39, 0.29) is 13.0 Å². The molecule has 4 nitrogen and oxygen atoms in total. The SMILES string of the molecule is O=C(O)[C@@H]1C[C@@H](F)CN1O. The van der Waals surface area contributed by atoms with Gasteiger partial charge in [-0.1, -0.05) is 0 Å². The summed E-state index contributed by atoms with van der Waals surface area (Å²) in [6, 6.07) is -1.06. The molecular formula is C5H8FNO3. The fraction of sp³-hybridized carbons (Fsp3) is 0.800. The zero-order valence-corrected chi connectivity index (χ0v) is 5.20. The molecule has 0 aromatic rings. The van der Waals surface area contributed by atoms with Crippen molar-refractivity contribution in [1.82, 2.24) is 5.06 Å². The molecule has 10 heavy (non-hydrogen) atoms. The highest BCUT2D eigenvalue weighted by Gasteiger charge is 2.36. The van der Waals surface area contributed by atoms with Crippen LogP contribution in [0.25, 0.3) is 0 Å². The quantitative estimate of drug-likeness (QED) is 0.545. The lowest BCUT2D eigenvalue weighted by Crippen LogP contribution is -2.32. The second kappa shape index (κ2) is 2.51. The molecule has 1 rings (SSSR count). The Bertz CT molecular complexity index is 152. The van der Waals surface area contributed by atoms with E-state index in [4.69, 9.17) is 10.3 Å². The third-order valence-electron chi connectivity index (χ3n) is 1.51. The molecule has 2 atom stereocenters. The summed E-state index contributed by atoms with van der Waals surface area (Å²) in [5.74, 6) is -1.18. The average Bonchev–Trinajstić information content (AvgIpc) is 2.10. The zero-order chi connectivity index (χ0) is 7.72. The van der Waals surface area contributed by atoms with Crippen molar-refractivity contribution in [1.29, 1.82) is 0 Å². The van der Waals surface area contributed by atoms with Gasteiger partial charge in [-0.3, -0.25) is 4.79 Å². The highest BCUT2D eigenvalue weighted by atomic mass is 19.1. The molecule has 1 aliphatic heterocycles. The third-order valence-corrected chi connectivity index (χ3v) is 1.51. The number of hydrogen-bond donors (Lipinski definition) is 2. The van der Waals surface area contributed by atoms with Crippen LogP contribution in [0, 0.1) is 0 Å². The van der Waals surface area contributed by atoms with Crippen LogP contribution in [-0.2, 0) is 4.79 Å². The van der Waals surface area contributed by atoms with Crippen molar-refractivity contribution in [2.75, 3.05) is 6.54 Å². The first kappa shape index (κ1) is 7.43. The van der Waals surface area contributed by atoms with Crippen LogP contribution in [0.2, 0.25) is 0 Å². The summed E-state index contributed by atoms with van der Waals surface area (Å²) in [6.45, 7) is -0.197. The second-order valence-corrected chi connectivity index (χ2v) is 2.31. The molecule has 0 unspecified atom stereocenters. The molecule has 0 aliphatic carbocycles. The third kappa shape index (κ3) is 1.25. The highest BCUT2D eigenvalue weighted by Crippen LogP contribution is 2.17. The topological polar surface area (TPSA) is 60.8 Å². The van der Waals surface area contributed by atoms with Crippen molar-refractivity contribution < 1.29 is 19.5 Å². The smallest absolute Gasteiger partial charge is 0.323 e. The Morgan fingerprint density at radius 2 is 2.30 bits per heavy atom. The minimum absolute atomic E-state index is 0.119. The van der Waals surface area contributed by atoms with Crippen molar-refractivity contribution in [3.63, 3.8) is 0 Å². The van der Waals surface area contributed by atoms with Gasteiger partial charge in [0, 0.05) is 6.42 Å². The molecule has 2 N–H and O–H groups in total. The number of hydroxylamine groups is 2. The molecule has 1 fully saturated rings. The predicted molar refractivity (Wildman–Crippen MR) is 29.4 cm³/mol. The van der Waals surface area contributed by atoms with E-state index in [2.05, 4.69) is 0 Å². The maximum atomic E-state index is 12.3. The summed E-state index contributed by atoms with van der Waals surface area (Å²) in [7, 11) is 0. The Morgan fingerprint density at radius 3 is 2.50 bits per heavy atom. The van der Waals surface area contributed by atoms with Gasteiger partial charge in [-0.25, -0.2) is 4.39 Å². The summed E-state index contributed by atoms with van der Waals surface area (Å²) in [5.41, 5.74) is 0. The molecule has 0 aromatic carbocycles. The number of carbonyl (C=O) groups is 1. The van der Waals surface area contributed by atoms with Crippen LogP contribution in [0.4, 0.5) is 4.39 Å². The summed E-state index contributed by atoms with van der Waals surface area (Å²) in [4.78, 5) is 10.2. The van der Waals surface area contributed by atoms with Gasteiger partial charge in [0.15, 0.2) is 0 Å². The number of hydrogen-bond acceptors (Lipinski definition) is 3. The number of alkyl halides is 1. The maximum Gasteiger partial charge on any atom is 0.323 e. The predicted octanol–water partition coefficient (Wildman–Crippen LogP) is -0.127. The second-order valence-electron chi connectivity index (χ2n) is 2.31. The molecule has 0 saturated carbocycles. The van der Waals surface area contributed by atoms with Crippen molar-refractivity contribution in [2.45, 2.75) is 18.6 Å². The van der Waals surface area contributed by atoms with E-state index >= 15 is 0 Å². The normalized spacial score (nSPS) is 34.6. The first-order valence-electron chi connectivity index (χ1n) is 2.93. The molecular weight excluding hydrogens is 141 g/mol. The van der Waals surface area contributed by atoms with Crippen LogP contribution in [0.1, 0.15) is 6.42 Å². The molecule has 1 aliphatic rings. The first-order chi connectivity index (χ1) is 4.61. The van der Waals surface area contributed by atoms with E-state index < -0.39 is 18.2 Å². The van der Waals surface area contributed by atoms with Crippen LogP contribution in [0.5, 0.6) is 0 Å². The number of halogens is 1. The Hall–Kier alpha value is -0.680. The number of rotatable bonds is 1. The lowest BCUT2D eigenvalue weighted by Gasteiger charge is -2.10. The molecule has 0 radical (unpaired) electrons. The van der Waals surface area contributed by atoms with Gasteiger partial charge in [-0.15, -0.1) is 0 Å². The summed E-state index contributed by atoms with van der Waals surface area (Å²) in [5, 5.41) is 17.6. The number of carboxylic acids is 1. The first-order valence-corrected chi connectivity index (χ1v) is 2.93. The van der Waals surface area contributed by atoms with E-state index in [0.717, 1.165) is 0 Å². The number of aliphatic carboxylic acids is 1. The molecule has 0 bridgehead atoms. The van der Waals surface area contributed by atoms with Crippen LogP contribution in [-0.4, -0.2) is 40.1 Å². The van der Waals surface area contributed by atoms with Gasteiger partial charge in [0.2, 0.25) is 0 Å². The Balaban J connectivity index is 2.54. The molecule has 58 valence electrons. The van der Waals surface area contributed by atoms with Gasteiger partial charge in [-0.05, 0) is 0 Å². The summed E-state index contributed by atoms with van der Waals surface area (Å²) >= 11 is 0. The van der Waals surface area contributed by atoms with Gasteiger partial charge in [0.25, 0.3) is 0 Å². The van der Waals surface area contributed by atoms with Gasteiger partial charge >= 0.3 is 5.97 Å². The Morgan fingerprint density at radius 1 is 1.70 bits per heavy atom. The molecule has 5 heteroatoms. The van der Waals surface area contributed by atoms with E-state index in [1.54, 1.807) is 0 Å². The van der Waals surface area contributed by atoms with Gasteiger partial charge < -0.3 is 10.3 Å². The lowest BCUT2D eigenvalue weighted by molar-refractivity contribution is -0.161. The Kier molecular flexibility index (Phi) is 1.87. The van der Waals surface area contributed by atoms with Crippen LogP contribution in [0.15, 0.2) is 0 Å². The lowest BCUT2D eigenvalue weighted by atomic mass is 10.2. The number of carboxylic acid groups (broad SMARTS) is 1. The largest absolute Gasteiger partial charge is 0.480 e. The van der Waals surface area contributed by atoms with Crippen molar-refractivity contribution >= 4 is 5.97 Å². The molecule has 0 aromatic heterocycles. The highest BCUT2D eigenvalue weighted by molar-refractivity contribution is 5.73.